The summed E-state index contributed by atoms with van der Waals surface area (Å²) in [5.74, 6) is -1.06. The monoisotopic (exact) mass is 833 g/mol. The second-order valence-electron chi connectivity index (χ2n) is 16.3. The smallest absolute Gasteiger partial charge is 0.416 e. The second-order valence-corrected chi connectivity index (χ2v) is 18.7. The molecule has 0 spiro atoms. The van der Waals surface area contributed by atoms with Crippen LogP contribution in [0.2, 0.25) is 5.02 Å². The van der Waals surface area contributed by atoms with E-state index in [1.165, 1.54) is 16.4 Å². The van der Waals surface area contributed by atoms with Gasteiger partial charge in [0.15, 0.2) is 5.76 Å². The van der Waals surface area contributed by atoms with Gasteiger partial charge in [0, 0.05) is 29.6 Å². The van der Waals surface area contributed by atoms with Crippen LogP contribution in [0.5, 0.6) is 0 Å². The molecule has 0 unspecified atom stereocenters. The number of alkyl halides is 3. The summed E-state index contributed by atoms with van der Waals surface area (Å²) in [5, 5.41) is 25.9. The fourth-order valence-electron chi connectivity index (χ4n) is 9.03. The van der Waals surface area contributed by atoms with Crippen LogP contribution in [0.3, 0.4) is 0 Å². The number of rotatable bonds is 8. The number of halogens is 4. The van der Waals surface area contributed by atoms with Crippen LogP contribution in [0.1, 0.15) is 96.7 Å². The van der Waals surface area contributed by atoms with Crippen molar-refractivity contribution in [2.75, 3.05) is 12.8 Å². The van der Waals surface area contributed by atoms with E-state index in [9.17, 15) is 36.6 Å². The second kappa shape index (κ2) is 16.1. The molecule has 1 heterocycles. The number of nitrogens with zero attached hydrogens (tertiary/aromatic N) is 1. The number of furan rings is 1. The largest absolute Gasteiger partial charge is 0.453 e. The zero-order chi connectivity index (χ0) is 41.6. The number of allylic oxidation sites excluding steroid dienone is 2. The highest BCUT2D eigenvalue weighted by Gasteiger charge is 2.58. The minimum Gasteiger partial charge on any atom is -0.453 e. The Kier molecular flexibility index (Phi) is 11.6. The van der Waals surface area contributed by atoms with Gasteiger partial charge in [-0.2, -0.15) is 17.5 Å². The zero-order valence-electron chi connectivity index (χ0n) is 32.7. The standard InChI is InChI=1S/C46H47ClF3NO6S/c1-29-8-7-22-44(2)39(21-23-45(44,54)28-51(58(3,55)56)27-32-11-6-10-31-9-4-5-12-35(31)32)36-17-14-30(24-34(52)16-13-29)25-37(36)43(53)42-20-19-41(57-42)38-26-33(46(48,49)50)15-18-40(38)47/h4-6,8-12,14-15,17-20,25-26,34,39,52,54H,7,13,16,21-24,27-28H2,1-3H3/t34-,39-,44-,45+/m0/s1. The van der Waals surface area contributed by atoms with Gasteiger partial charge in [-0.25, -0.2) is 8.42 Å². The maximum Gasteiger partial charge on any atom is 0.416 e. The first-order valence-electron chi connectivity index (χ1n) is 19.5. The van der Waals surface area contributed by atoms with Gasteiger partial charge in [-0.05, 0) is 122 Å². The van der Waals surface area contributed by atoms with Crippen LogP contribution in [-0.4, -0.2) is 53.2 Å². The average Bonchev–Trinajstić information content (AvgIpc) is 3.75. The molecular formula is C46H47ClF3NO6S. The van der Waals surface area contributed by atoms with Crippen molar-refractivity contribution in [3.63, 3.8) is 0 Å². The molecule has 8 rings (SSSR count). The van der Waals surface area contributed by atoms with Crippen molar-refractivity contribution in [2.45, 2.75) is 89.1 Å². The molecule has 1 fully saturated rings. The van der Waals surface area contributed by atoms with Gasteiger partial charge in [-0.15, -0.1) is 0 Å². The van der Waals surface area contributed by atoms with E-state index in [1.807, 2.05) is 68.4 Å². The minimum atomic E-state index is -4.62. The normalized spacial score (nSPS) is 23.2. The summed E-state index contributed by atoms with van der Waals surface area (Å²) in [6.45, 7) is 3.88. The molecule has 4 aromatic carbocycles. The molecule has 5 aromatic rings. The summed E-state index contributed by atoms with van der Waals surface area (Å²) in [7, 11) is -3.83. The van der Waals surface area contributed by atoms with Crippen LogP contribution in [0.15, 0.2) is 107 Å². The molecule has 12 heteroatoms. The summed E-state index contributed by atoms with van der Waals surface area (Å²) < 4.78 is 75.3. The predicted molar refractivity (Wildman–Crippen MR) is 220 cm³/mol. The Balaban J connectivity index is 1.30. The van der Waals surface area contributed by atoms with Gasteiger partial charge in [0.1, 0.15) is 5.76 Å². The van der Waals surface area contributed by atoms with Gasteiger partial charge < -0.3 is 14.6 Å². The quantitative estimate of drug-likeness (QED) is 0.119. The zero-order valence-corrected chi connectivity index (χ0v) is 34.2. The number of benzene rings is 4. The lowest BCUT2D eigenvalue weighted by Gasteiger charge is -2.45. The highest BCUT2D eigenvalue weighted by Crippen LogP contribution is 2.59. The minimum absolute atomic E-state index is 0.0102. The lowest BCUT2D eigenvalue weighted by Crippen LogP contribution is -2.53. The van der Waals surface area contributed by atoms with Gasteiger partial charge >= 0.3 is 6.18 Å². The van der Waals surface area contributed by atoms with Crippen molar-refractivity contribution < 1.29 is 41.0 Å². The Hall–Kier alpha value is -4.26. The van der Waals surface area contributed by atoms with Crippen molar-refractivity contribution in [3.8, 4) is 11.3 Å². The molecule has 1 saturated carbocycles. The number of ketones is 1. The van der Waals surface area contributed by atoms with E-state index in [0.717, 1.165) is 46.4 Å². The van der Waals surface area contributed by atoms with Gasteiger partial charge in [0.25, 0.3) is 0 Å². The number of aliphatic hydroxyl groups excluding tert-OH is 1. The Morgan fingerprint density at radius 1 is 0.983 bits per heavy atom. The van der Waals surface area contributed by atoms with Crippen LogP contribution in [0.25, 0.3) is 22.1 Å². The topological polar surface area (TPSA) is 108 Å². The van der Waals surface area contributed by atoms with Gasteiger partial charge in [-0.1, -0.05) is 84.8 Å². The fourth-order valence-corrected chi connectivity index (χ4v) is 10.1. The molecule has 3 aliphatic rings. The van der Waals surface area contributed by atoms with Crippen LogP contribution >= 0.6 is 11.6 Å². The number of carbonyl (C=O) groups is 1. The third-order valence-electron chi connectivity index (χ3n) is 12.4. The number of hydrogen-bond acceptors (Lipinski definition) is 6. The first kappa shape index (κ1) is 41.9. The molecule has 0 radical (unpaired) electrons. The fraction of sp³-hybridized carbons (Fsp3) is 0.370. The summed E-state index contributed by atoms with van der Waals surface area (Å²) >= 11 is 6.32. The van der Waals surface area contributed by atoms with E-state index in [-0.39, 0.29) is 53.6 Å². The first-order valence-corrected chi connectivity index (χ1v) is 21.7. The van der Waals surface area contributed by atoms with Crippen molar-refractivity contribution in [2.24, 2.45) is 5.41 Å². The van der Waals surface area contributed by atoms with Crippen LogP contribution in [0.4, 0.5) is 13.2 Å². The van der Waals surface area contributed by atoms with Crippen LogP contribution in [0, 0.1) is 5.41 Å². The van der Waals surface area contributed by atoms with E-state index in [1.54, 1.807) is 6.07 Å². The molecule has 306 valence electrons. The Bertz CT molecular complexity index is 2490. The molecule has 2 N–H and O–H groups in total. The molecule has 7 nitrogen and oxygen atoms in total. The third kappa shape index (κ3) is 8.43. The summed E-state index contributed by atoms with van der Waals surface area (Å²) in [6, 6.07) is 24.7. The van der Waals surface area contributed by atoms with Crippen molar-refractivity contribution in [1.29, 1.82) is 0 Å². The van der Waals surface area contributed by atoms with Crippen molar-refractivity contribution in [3.05, 3.63) is 141 Å². The van der Waals surface area contributed by atoms with Gasteiger partial charge in [-0.3, -0.25) is 4.79 Å². The van der Waals surface area contributed by atoms with Gasteiger partial charge in [0.05, 0.1) is 28.5 Å². The number of fused-ring (bicyclic) bond motifs is 9. The Labute approximate surface area is 342 Å². The number of aliphatic hydroxyl groups is 2. The van der Waals surface area contributed by atoms with E-state index in [4.69, 9.17) is 16.0 Å². The van der Waals surface area contributed by atoms with Crippen LogP contribution in [-0.2, 0) is 29.2 Å². The third-order valence-corrected chi connectivity index (χ3v) is 14.0. The number of hydrogen-bond donors (Lipinski definition) is 2. The van der Waals surface area contributed by atoms with E-state index >= 15 is 0 Å². The first-order chi connectivity index (χ1) is 27.4. The Morgan fingerprint density at radius 2 is 1.74 bits per heavy atom. The van der Waals surface area contributed by atoms with Gasteiger partial charge in [0.2, 0.25) is 15.8 Å². The molecule has 3 aliphatic carbocycles. The molecule has 0 aliphatic heterocycles. The van der Waals surface area contributed by atoms with E-state index < -0.39 is 50.6 Å². The lowest BCUT2D eigenvalue weighted by atomic mass is 9.65. The molecule has 2 bridgehead atoms. The summed E-state index contributed by atoms with van der Waals surface area (Å²) in [4.78, 5) is 14.6. The maximum atomic E-state index is 14.6. The summed E-state index contributed by atoms with van der Waals surface area (Å²) in [5.41, 5.74) is 0.148. The molecule has 4 atom stereocenters. The van der Waals surface area contributed by atoms with Crippen molar-refractivity contribution >= 4 is 38.2 Å². The van der Waals surface area contributed by atoms with Crippen LogP contribution < -0.4 is 0 Å². The highest BCUT2D eigenvalue weighted by atomic mass is 35.5. The van der Waals surface area contributed by atoms with E-state index in [0.29, 0.717) is 43.2 Å². The lowest BCUT2D eigenvalue weighted by molar-refractivity contribution is -0.137. The SMILES string of the molecule is CC1=CCC[C@@]2(C)[C@@H](CC[C@@]2(O)CN(Cc2cccc3ccccc23)S(C)(=O)=O)c2ccc(cc2C(=O)c2ccc(-c3cc(C(F)(F)F)ccc3Cl)o2)C[C@@H](O)CC1. The summed E-state index contributed by atoms with van der Waals surface area (Å²) in [6.07, 6.45) is 1.12. The number of sulfonamides is 1. The van der Waals surface area contributed by atoms with Crippen molar-refractivity contribution in [1.82, 2.24) is 4.31 Å². The molecular weight excluding hydrogens is 787 g/mol. The Morgan fingerprint density at radius 3 is 2.50 bits per heavy atom. The number of carbonyl (C=O) groups excluding carboxylic acids is 1. The average molecular weight is 834 g/mol. The predicted octanol–water partition coefficient (Wildman–Crippen LogP) is 10.5. The maximum absolute atomic E-state index is 14.6. The molecule has 0 amide bonds. The molecule has 58 heavy (non-hydrogen) atoms. The molecule has 1 aromatic heterocycles. The highest BCUT2D eigenvalue weighted by molar-refractivity contribution is 7.88. The van der Waals surface area contributed by atoms with E-state index in [2.05, 4.69) is 6.08 Å². The molecule has 0 saturated heterocycles.